The van der Waals surface area contributed by atoms with Crippen molar-refractivity contribution in [3.05, 3.63) is 71.3 Å². The number of aliphatic carboxylic acids is 1. The molecule has 0 radical (unpaired) electrons. The summed E-state index contributed by atoms with van der Waals surface area (Å²) in [4.78, 5) is 32.3. The van der Waals surface area contributed by atoms with Crippen molar-refractivity contribution in [3.63, 3.8) is 0 Å². The van der Waals surface area contributed by atoms with Crippen LogP contribution >= 0.6 is 0 Å². The van der Waals surface area contributed by atoms with Crippen molar-refractivity contribution in [2.45, 2.75) is 39.1 Å². The van der Waals surface area contributed by atoms with Crippen LogP contribution in [0.25, 0.3) is 0 Å². The van der Waals surface area contributed by atoms with Gasteiger partial charge in [-0.15, -0.1) is 0 Å². The van der Waals surface area contributed by atoms with E-state index in [4.69, 9.17) is 9.47 Å². The first-order valence-electron chi connectivity index (χ1n) is 9.81. The maximum absolute atomic E-state index is 12.0. The van der Waals surface area contributed by atoms with E-state index in [1.807, 2.05) is 30.3 Å². The maximum Gasteiger partial charge on any atom is 0.408 e. The van der Waals surface area contributed by atoms with Gasteiger partial charge in [-0.05, 0) is 25.0 Å². The van der Waals surface area contributed by atoms with Gasteiger partial charge in [0, 0.05) is 25.3 Å². The van der Waals surface area contributed by atoms with E-state index < -0.39 is 18.1 Å². The average Bonchev–Trinajstić information content (AvgIpc) is 2.78. The Morgan fingerprint density at radius 2 is 1.77 bits per heavy atom. The molecular weight excluding hydrogens is 398 g/mol. The molecule has 0 heterocycles. The van der Waals surface area contributed by atoms with Crippen LogP contribution in [0.5, 0.6) is 0 Å². The minimum Gasteiger partial charge on any atom is -0.480 e. The molecule has 2 aromatic rings. The fourth-order valence-corrected chi connectivity index (χ4v) is 2.66. The first kappa shape index (κ1) is 23.8. The highest BCUT2D eigenvalue weighted by atomic mass is 16.5. The Kier molecular flexibility index (Phi) is 9.38. The van der Waals surface area contributed by atoms with Gasteiger partial charge in [-0.1, -0.05) is 54.6 Å². The molecule has 0 bridgehead atoms. The van der Waals surface area contributed by atoms with Crippen LogP contribution in [0.1, 0.15) is 30.5 Å². The first-order chi connectivity index (χ1) is 14.9. The molecule has 0 saturated carbocycles. The van der Waals surface area contributed by atoms with Gasteiger partial charge < -0.3 is 19.9 Å². The van der Waals surface area contributed by atoms with Crippen LogP contribution in [0, 0.1) is 0 Å². The second-order valence-electron chi connectivity index (χ2n) is 6.67. The number of methoxy groups -OCH3 is 1. The minimum absolute atomic E-state index is 0.0632. The molecule has 8 nitrogen and oxygen atoms in total. The van der Waals surface area contributed by atoms with Crippen LogP contribution in [-0.2, 0) is 27.3 Å². The normalized spacial score (nSPS) is 13.6. The number of benzene rings is 2. The van der Waals surface area contributed by atoms with E-state index in [0.29, 0.717) is 5.84 Å². The highest BCUT2D eigenvalue weighted by Gasteiger charge is 2.21. The SMILES string of the molecule is CC=NC(=NC(C)OC)c1ccc(C[C@H](NC(=O)OCc2ccccc2)C(=O)O)cc1. The van der Waals surface area contributed by atoms with Crippen LogP contribution in [0.2, 0.25) is 0 Å². The number of carbonyl (C=O) groups excluding carboxylic acids is 1. The van der Waals surface area contributed by atoms with E-state index in [-0.39, 0.29) is 19.3 Å². The molecule has 2 N–H and O–H groups in total. The Labute approximate surface area is 181 Å². The van der Waals surface area contributed by atoms with Gasteiger partial charge in [0.15, 0.2) is 5.84 Å². The van der Waals surface area contributed by atoms with Crippen molar-refractivity contribution >= 4 is 24.1 Å². The number of amidine groups is 1. The lowest BCUT2D eigenvalue weighted by Crippen LogP contribution is -2.42. The standard InChI is InChI=1S/C23H27N3O5/c1-4-24-21(25-16(2)30-3)19-12-10-17(11-13-19)14-20(22(27)28)26-23(29)31-15-18-8-6-5-7-9-18/h4-13,16,20H,14-15H2,1-3H3,(H,26,29)(H,27,28)/t16?,20-/m0/s1. The van der Waals surface area contributed by atoms with Crippen molar-refractivity contribution in [1.29, 1.82) is 0 Å². The van der Waals surface area contributed by atoms with E-state index >= 15 is 0 Å². The Morgan fingerprint density at radius 1 is 1.10 bits per heavy atom. The number of hydrogen-bond acceptors (Lipinski definition) is 5. The van der Waals surface area contributed by atoms with Crippen molar-refractivity contribution in [3.8, 4) is 0 Å². The molecule has 0 aromatic heterocycles. The van der Waals surface area contributed by atoms with Gasteiger partial charge in [0.2, 0.25) is 0 Å². The zero-order chi connectivity index (χ0) is 22.6. The van der Waals surface area contributed by atoms with Crippen LogP contribution in [0.15, 0.2) is 64.6 Å². The number of nitrogens with zero attached hydrogens (tertiary/aromatic N) is 2. The molecule has 0 aliphatic rings. The van der Waals surface area contributed by atoms with Gasteiger partial charge in [0.25, 0.3) is 0 Å². The lowest BCUT2D eigenvalue weighted by molar-refractivity contribution is -0.139. The summed E-state index contributed by atoms with van der Waals surface area (Å²) in [5.41, 5.74) is 2.32. The summed E-state index contributed by atoms with van der Waals surface area (Å²) in [5, 5.41) is 11.9. The Morgan fingerprint density at radius 3 is 2.35 bits per heavy atom. The number of rotatable bonds is 9. The summed E-state index contributed by atoms with van der Waals surface area (Å²) < 4.78 is 10.3. The number of alkyl carbamates (subject to hydrolysis) is 1. The molecular formula is C23H27N3O5. The van der Waals surface area contributed by atoms with E-state index in [0.717, 1.165) is 16.7 Å². The van der Waals surface area contributed by atoms with Crippen LogP contribution < -0.4 is 5.32 Å². The molecule has 31 heavy (non-hydrogen) atoms. The van der Waals surface area contributed by atoms with E-state index in [9.17, 15) is 14.7 Å². The molecule has 0 aliphatic heterocycles. The molecule has 1 amide bonds. The summed E-state index contributed by atoms with van der Waals surface area (Å²) in [6.45, 7) is 3.66. The Balaban J connectivity index is 2.01. The fraction of sp³-hybridized carbons (Fsp3) is 0.304. The number of hydrogen-bond donors (Lipinski definition) is 2. The monoisotopic (exact) mass is 425 g/mol. The van der Waals surface area contributed by atoms with Gasteiger partial charge >= 0.3 is 12.1 Å². The van der Waals surface area contributed by atoms with Crippen molar-refractivity contribution in [2.75, 3.05) is 7.11 Å². The second kappa shape index (κ2) is 12.2. The Bertz CT molecular complexity index is 911. The number of ether oxygens (including phenoxy) is 2. The van der Waals surface area contributed by atoms with Crippen molar-refractivity contribution in [2.24, 2.45) is 9.98 Å². The topological polar surface area (TPSA) is 110 Å². The molecule has 1 unspecified atom stereocenters. The zero-order valence-corrected chi connectivity index (χ0v) is 17.8. The fourth-order valence-electron chi connectivity index (χ4n) is 2.66. The third kappa shape index (κ3) is 8.02. The molecule has 0 saturated heterocycles. The largest absolute Gasteiger partial charge is 0.480 e. The van der Waals surface area contributed by atoms with Crippen LogP contribution in [0.3, 0.4) is 0 Å². The summed E-state index contributed by atoms with van der Waals surface area (Å²) in [7, 11) is 1.56. The summed E-state index contributed by atoms with van der Waals surface area (Å²) in [6, 6.07) is 15.2. The third-order valence-electron chi connectivity index (χ3n) is 4.35. The molecule has 8 heteroatoms. The zero-order valence-electron chi connectivity index (χ0n) is 17.8. The predicted molar refractivity (Wildman–Crippen MR) is 119 cm³/mol. The predicted octanol–water partition coefficient (Wildman–Crippen LogP) is 3.44. The maximum atomic E-state index is 12.0. The lowest BCUT2D eigenvalue weighted by Gasteiger charge is -2.15. The quantitative estimate of drug-likeness (QED) is 0.472. The van der Waals surface area contributed by atoms with Crippen molar-refractivity contribution in [1.82, 2.24) is 5.32 Å². The molecule has 0 aliphatic carbocycles. The third-order valence-corrected chi connectivity index (χ3v) is 4.35. The van der Waals surface area contributed by atoms with Gasteiger partial charge in [-0.25, -0.2) is 19.6 Å². The van der Waals surface area contributed by atoms with Gasteiger partial charge in [-0.2, -0.15) is 0 Å². The highest BCUT2D eigenvalue weighted by molar-refractivity contribution is 6.02. The number of carbonyl (C=O) groups is 2. The molecule has 2 atom stereocenters. The summed E-state index contributed by atoms with van der Waals surface area (Å²) in [6.07, 6.45) is 0.614. The number of carboxylic acids is 1. The average molecular weight is 425 g/mol. The molecule has 2 aromatic carbocycles. The van der Waals surface area contributed by atoms with E-state index in [1.54, 1.807) is 51.4 Å². The van der Waals surface area contributed by atoms with Crippen molar-refractivity contribution < 1.29 is 24.2 Å². The van der Waals surface area contributed by atoms with Gasteiger partial charge in [0.1, 0.15) is 18.9 Å². The second-order valence-corrected chi connectivity index (χ2v) is 6.67. The minimum atomic E-state index is -1.15. The number of aliphatic imine (C=N–C) groups is 2. The number of nitrogens with one attached hydrogen (secondary N) is 1. The highest BCUT2D eigenvalue weighted by Crippen LogP contribution is 2.11. The Hall–Kier alpha value is -3.52. The molecule has 2 rings (SSSR count). The first-order valence-corrected chi connectivity index (χ1v) is 9.81. The lowest BCUT2D eigenvalue weighted by atomic mass is 10.0. The van der Waals surface area contributed by atoms with Gasteiger partial charge in [-0.3, -0.25) is 0 Å². The van der Waals surface area contributed by atoms with Crippen LogP contribution in [0.4, 0.5) is 4.79 Å². The van der Waals surface area contributed by atoms with Crippen LogP contribution in [-0.4, -0.2) is 48.6 Å². The molecule has 0 spiro atoms. The summed E-state index contributed by atoms with van der Waals surface area (Å²) in [5.74, 6) is -0.631. The van der Waals surface area contributed by atoms with E-state index in [1.165, 1.54) is 0 Å². The number of carboxylic acid groups (broad SMARTS) is 1. The smallest absolute Gasteiger partial charge is 0.408 e. The van der Waals surface area contributed by atoms with E-state index in [2.05, 4.69) is 15.3 Å². The number of amides is 1. The molecule has 0 fully saturated rings. The van der Waals surface area contributed by atoms with Gasteiger partial charge in [0.05, 0.1) is 0 Å². The summed E-state index contributed by atoms with van der Waals surface area (Å²) >= 11 is 0. The molecule has 164 valence electrons.